The first-order chi connectivity index (χ1) is 7.12. The summed E-state index contributed by atoms with van der Waals surface area (Å²) in [4.78, 5) is 11.5. The van der Waals surface area contributed by atoms with E-state index in [1.54, 1.807) is 20.8 Å². The smallest absolute Gasteiger partial charge is 0.408 e. The molecule has 1 rings (SSSR count). The quantitative estimate of drug-likeness (QED) is 0.699. The summed E-state index contributed by atoms with van der Waals surface area (Å²) in [6, 6.07) is 0. The normalized spacial score (nSPS) is 23.8. The summed E-state index contributed by atoms with van der Waals surface area (Å²) in [7, 11) is 0. The Balaban J connectivity index is 2.58. The van der Waals surface area contributed by atoms with E-state index in [-0.39, 0.29) is 0 Å². The highest BCUT2D eigenvalue weighted by molar-refractivity contribution is 5.69. The van der Waals surface area contributed by atoms with Gasteiger partial charge in [0.15, 0.2) is 0 Å². The van der Waals surface area contributed by atoms with E-state index >= 15 is 0 Å². The summed E-state index contributed by atoms with van der Waals surface area (Å²) < 4.78 is 26.6. The molecule has 1 saturated carbocycles. The lowest BCUT2D eigenvalue weighted by Crippen LogP contribution is -2.42. The van der Waals surface area contributed by atoms with Crippen LogP contribution in [0, 0.1) is 0 Å². The van der Waals surface area contributed by atoms with E-state index in [9.17, 15) is 4.79 Å². The van der Waals surface area contributed by atoms with Crippen molar-refractivity contribution in [1.29, 1.82) is 1.43 Å². The summed E-state index contributed by atoms with van der Waals surface area (Å²) in [6.07, 6.45) is 0.196. The Hall–Kier alpha value is -0.770. The molecule has 13 heavy (non-hydrogen) atoms. The summed E-state index contributed by atoms with van der Waals surface area (Å²) in [5, 5.41) is 6.44. The van der Waals surface area contributed by atoms with Gasteiger partial charge in [0.05, 0.1) is 14.8 Å². The number of nitrogens with one attached hydrogen (secondary N) is 1. The van der Waals surface area contributed by atoms with Crippen molar-refractivity contribution in [3.8, 4) is 0 Å². The second-order valence-electron chi connectivity index (χ2n) is 4.31. The lowest BCUT2D eigenvalue weighted by atomic mass is 10.2. The van der Waals surface area contributed by atoms with E-state index in [1.807, 2.05) is 0 Å². The fourth-order valence-corrected chi connectivity index (χ4v) is 0.877. The third-order valence-corrected chi connectivity index (χ3v) is 1.69. The molecule has 1 fully saturated rings. The zero-order chi connectivity index (χ0) is 12.6. The zero-order valence-corrected chi connectivity index (χ0v) is 8.14. The molecule has 0 aromatic rings. The van der Waals surface area contributed by atoms with Crippen LogP contribution >= 0.6 is 0 Å². The molecule has 1 amide bonds. The fourth-order valence-electron chi connectivity index (χ4n) is 0.877. The lowest BCUT2D eigenvalue weighted by Gasteiger charge is -2.22. The van der Waals surface area contributed by atoms with Gasteiger partial charge in [0.25, 0.3) is 0 Å². The Labute approximate surface area is 82.6 Å². The number of amides is 1. The van der Waals surface area contributed by atoms with Gasteiger partial charge in [-0.15, -0.1) is 0 Å². The van der Waals surface area contributed by atoms with Crippen LogP contribution in [0.15, 0.2) is 0 Å². The number of ether oxygens (including phenoxy) is 1. The minimum Gasteiger partial charge on any atom is -0.444 e. The van der Waals surface area contributed by atoms with Gasteiger partial charge in [0.1, 0.15) is 5.60 Å². The highest BCUT2D eigenvalue weighted by Gasteiger charge is 2.44. The molecule has 0 bridgehead atoms. The Morgan fingerprint density at radius 1 is 1.77 bits per heavy atom. The van der Waals surface area contributed by atoms with E-state index in [4.69, 9.17) is 8.91 Å². The van der Waals surface area contributed by atoms with Crippen LogP contribution in [0.4, 0.5) is 4.79 Å². The van der Waals surface area contributed by atoms with Gasteiger partial charge in [-0.3, -0.25) is 0 Å². The molecule has 0 aromatic carbocycles. The van der Waals surface area contributed by atoms with Crippen molar-refractivity contribution in [3.63, 3.8) is 0 Å². The van der Waals surface area contributed by atoms with E-state index in [1.165, 1.54) is 0 Å². The van der Waals surface area contributed by atoms with Gasteiger partial charge in [-0.2, -0.15) is 0 Å². The number of carbonyl (C=O) groups is 1. The van der Waals surface area contributed by atoms with E-state index < -0.39 is 23.8 Å². The lowest BCUT2D eigenvalue weighted by molar-refractivity contribution is 0.0471. The number of hydrogen-bond acceptors (Lipinski definition) is 3. The summed E-state index contributed by atoms with van der Waals surface area (Å²) in [5.41, 5.74) is -1.74. The highest BCUT2D eigenvalue weighted by atomic mass is 16.6. The predicted molar refractivity (Wildman–Crippen MR) is 48.4 cm³/mol. The van der Waals surface area contributed by atoms with Crippen molar-refractivity contribution in [1.82, 2.24) is 5.32 Å². The van der Waals surface area contributed by atoms with Crippen molar-refractivity contribution in [2.75, 3.05) is 6.56 Å². The Bertz CT molecular complexity index is 284. The van der Waals surface area contributed by atoms with Gasteiger partial charge in [0.2, 0.25) is 1.43 Å². The summed E-state index contributed by atoms with van der Waals surface area (Å²) >= 11 is 0. The molecule has 0 heterocycles. The monoisotopic (exact) mass is 190 g/mol. The van der Waals surface area contributed by atoms with Crippen LogP contribution < -0.4 is 5.32 Å². The van der Waals surface area contributed by atoms with Gasteiger partial charge in [-0.25, -0.2) is 4.79 Å². The topological polar surface area (TPSA) is 58.6 Å². The molecular weight excluding hydrogens is 170 g/mol. The van der Waals surface area contributed by atoms with E-state index in [2.05, 4.69) is 10.4 Å². The van der Waals surface area contributed by atoms with E-state index in [0.29, 0.717) is 12.8 Å². The molecule has 4 heteroatoms. The summed E-state index contributed by atoms with van der Waals surface area (Å²) in [5.74, 6) is 0. The van der Waals surface area contributed by atoms with Crippen molar-refractivity contribution in [2.45, 2.75) is 44.8 Å². The molecule has 0 atom stereocenters. The van der Waals surface area contributed by atoms with Gasteiger partial charge in [-0.05, 0) is 33.6 Å². The Kier molecular flexibility index (Phi) is 1.63. The molecule has 1 aliphatic rings. The molecule has 76 valence electrons. The molecule has 0 saturated heterocycles. The van der Waals surface area contributed by atoms with Crippen LogP contribution in [-0.2, 0) is 4.74 Å². The Morgan fingerprint density at radius 2 is 2.38 bits per heavy atom. The van der Waals surface area contributed by atoms with Crippen LogP contribution in [0.2, 0.25) is 0 Å². The van der Waals surface area contributed by atoms with Crippen LogP contribution in [0.5, 0.6) is 0 Å². The first-order valence-corrected chi connectivity index (χ1v) is 4.27. The number of hydrogen-bond donors (Lipinski definition) is 2. The van der Waals surface area contributed by atoms with Gasteiger partial charge in [-0.1, -0.05) is 0 Å². The number of rotatable bonds is 3. The largest absolute Gasteiger partial charge is 0.444 e. The molecule has 4 nitrogen and oxygen atoms in total. The number of carbonyl (C=O) groups excluding carboxylic acids is 1. The maximum absolute atomic E-state index is 11.5. The van der Waals surface area contributed by atoms with Crippen LogP contribution in [0.3, 0.4) is 0 Å². The maximum atomic E-state index is 11.5. The second-order valence-corrected chi connectivity index (χ2v) is 4.31. The average molecular weight is 190 g/mol. The van der Waals surface area contributed by atoms with Gasteiger partial charge in [0, 0.05) is 0 Å². The molecule has 1 aliphatic carbocycles. The second kappa shape index (κ2) is 3.18. The van der Waals surface area contributed by atoms with Crippen molar-refractivity contribution in [2.24, 2.45) is 0 Å². The maximum Gasteiger partial charge on any atom is 0.408 e. The highest BCUT2D eigenvalue weighted by Crippen LogP contribution is 2.34. The molecule has 2 N–H and O–H groups in total. The SMILES string of the molecule is [2H]OC([2H])([2H])C1(NC(=O)OC(C)(C)C)CC1. The minimum atomic E-state index is -2.19. The van der Waals surface area contributed by atoms with E-state index in [0.717, 1.165) is 0 Å². The number of aliphatic hydroxyl groups is 1. The van der Waals surface area contributed by atoms with Gasteiger partial charge >= 0.3 is 6.09 Å². The van der Waals surface area contributed by atoms with Crippen LogP contribution in [0.1, 0.15) is 36.4 Å². The van der Waals surface area contributed by atoms with Crippen LogP contribution in [-0.4, -0.2) is 30.3 Å². The fraction of sp³-hybridized carbons (Fsp3) is 0.889. The van der Waals surface area contributed by atoms with Crippen molar-refractivity contribution in [3.05, 3.63) is 0 Å². The van der Waals surface area contributed by atoms with Gasteiger partial charge < -0.3 is 15.2 Å². The van der Waals surface area contributed by atoms with Crippen molar-refractivity contribution < 1.29 is 17.4 Å². The number of alkyl carbamates (subject to hydrolysis) is 1. The zero-order valence-electron chi connectivity index (χ0n) is 11.1. The third kappa shape index (κ3) is 3.22. The third-order valence-electron chi connectivity index (χ3n) is 1.69. The Morgan fingerprint density at radius 3 is 2.77 bits per heavy atom. The molecule has 0 aliphatic heterocycles. The first-order valence-electron chi connectivity index (χ1n) is 5.68. The molecule has 0 radical (unpaired) electrons. The molecule has 0 aromatic heterocycles. The average Bonchev–Trinajstić information content (AvgIpc) is 2.82. The van der Waals surface area contributed by atoms with Crippen molar-refractivity contribution >= 4 is 6.09 Å². The first kappa shape index (κ1) is 6.65. The summed E-state index contributed by atoms with van der Waals surface area (Å²) in [6.45, 7) is 2.98. The molecule has 0 spiro atoms. The molecular formula is C9H17NO3. The molecule has 0 unspecified atom stereocenters. The van der Waals surface area contributed by atoms with Crippen LogP contribution in [0.25, 0.3) is 0 Å². The standard InChI is InChI=1S/C9H17NO3/c1-8(2,3)13-7(12)10-9(6-11)4-5-9/h11H,4-6H2,1-3H3,(H,10,12)/i6D2,11D. The minimum absolute atomic E-state index is 0.443. The predicted octanol–water partition coefficient (Wildman–Crippen LogP) is 1.04.